The Labute approximate surface area is 67.3 Å². The van der Waals surface area contributed by atoms with E-state index in [1.165, 1.54) is 6.33 Å². The van der Waals surface area contributed by atoms with Crippen LogP contribution in [0.1, 0.15) is 0 Å². The van der Waals surface area contributed by atoms with Crippen LogP contribution in [0, 0.1) is 3.70 Å². The smallest absolute Gasteiger partial charge is 0.116 e. The second-order valence-electron chi connectivity index (χ2n) is 1.03. The van der Waals surface area contributed by atoms with Crippen molar-refractivity contribution in [3.63, 3.8) is 0 Å². The van der Waals surface area contributed by atoms with Crippen molar-refractivity contribution in [1.82, 2.24) is 9.97 Å². The second-order valence-corrected chi connectivity index (χ2v) is 2.14. The fraction of sp³-hybridized carbons (Fsp3) is 0. The van der Waals surface area contributed by atoms with Crippen molar-refractivity contribution >= 4 is 35.0 Å². The Morgan fingerprint density at radius 3 is 2.50 bits per heavy atom. The molecule has 0 atom stereocenters. The van der Waals surface area contributed by atoms with Crippen molar-refractivity contribution in [3.8, 4) is 0 Å². The molecule has 0 amide bonds. The first-order valence-electron chi connectivity index (χ1n) is 1.81. The molecule has 0 aliphatic heterocycles. The lowest BCUT2D eigenvalue weighted by Gasteiger charge is -1.79. The van der Waals surface area contributed by atoms with E-state index in [4.69, 9.17) is 0 Å². The predicted molar refractivity (Wildman–Crippen MR) is 42.0 cm³/mol. The molecule has 4 heteroatoms. The lowest BCUT2D eigenvalue weighted by Crippen LogP contribution is -1.76. The third-order valence-electron chi connectivity index (χ3n) is 0.546. The number of hydrogen-bond acceptors (Lipinski definition) is 2. The van der Waals surface area contributed by atoms with E-state index in [-0.39, 0.29) is 12.4 Å². The maximum Gasteiger partial charge on any atom is 0.116 e. The molecule has 0 unspecified atom stereocenters. The minimum atomic E-state index is 0. The van der Waals surface area contributed by atoms with Crippen LogP contribution in [0.25, 0.3) is 0 Å². The summed E-state index contributed by atoms with van der Waals surface area (Å²) in [6, 6.07) is 1.85. The molecule has 1 rings (SSSR count). The van der Waals surface area contributed by atoms with Gasteiger partial charge in [0.05, 0.1) is 0 Å². The van der Waals surface area contributed by atoms with Crippen LogP contribution >= 0.6 is 35.0 Å². The summed E-state index contributed by atoms with van der Waals surface area (Å²) in [7, 11) is 0. The van der Waals surface area contributed by atoms with Crippen LogP contribution in [0.15, 0.2) is 18.6 Å². The zero-order valence-corrected chi connectivity index (χ0v) is 6.89. The molecule has 0 spiro atoms. The van der Waals surface area contributed by atoms with Gasteiger partial charge in [0.1, 0.15) is 10.0 Å². The van der Waals surface area contributed by atoms with Crippen LogP contribution in [0.2, 0.25) is 0 Å². The van der Waals surface area contributed by atoms with Crippen molar-refractivity contribution < 1.29 is 0 Å². The van der Waals surface area contributed by atoms with Crippen molar-refractivity contribution in [2.24, 2.45) is 0 Å². The zero-order chi connectivity index (χ0) is 5.11. The average Bonchev–Trinajstić information content (AvgIpc) is 1.69. The van der Waals surface area contributed by atoms with Crippen molar-refractivity contribution in [2.75, 3.05) is 0 Å². The lowest BCUT2D eigenvalue weighted by atomic mass is 10.7. The highest BCUT2D eigenvalue weighted by Gasteiger charge is 1.76. The summed E-state index contributed by atoms with van der Waals surface area (Å²) in [6.07, 6.45) is 3.25. The number of halogens is 2. The van der Waals surface area contributed by atoms with E-state index in [1.807, 2.05) is 6.07 Å². The summed E-state index contributed by atoms with van der Waals surface area (Å²) >= 11 is 2.13. The Morgan fingerprint density at radius 2 is 2.25 bits per heavy atom. The number of hydrogen-bond donors (Lipinski definition) is 0. The first-order valence-corrected chi connectivity index (χ1v) is 2.89. The molecule has 44 valence electrons. The first kappa shape index (κ1) is 8.10. The highest BCUT2D eigenvalue weighted by Crippen LogP contribution is 1.92. The minimum Gasteiger partial charge on any atom is -0.245 e. The van der Waals surface area contributed by atoms with Crippen molar-refractivity contribution in [3.05, 3.63) is 22.3 Å². The van der Waals surface area contributed by atoms with Crippen LogP contribution in [0.5, 0.6) is 0 Å². The third kappa shape index (κ3) is 2.42. The molecule has 2 nitrogen and oxygen atoms in total. The fourth-order valence-electron chi connectivity index (χ4n) is 0.275. The molecule has 8 heavy (non-hydrogen) atoms. The number of nitrogens with zero attached hydrogens (tertiary/aromatic N) is 2. The molecule has 0 saturated carbocycles. The van der Waals surface area contributed by atoms with E-state index in [2.05, 4.69) is 32.6 Å². The molecule has 0 aliphatic rings. The SMILES string of the molecule is Cl.Ic1ccncn1. The van der Waals surface area contributed by atoms with Gasteiger partial charge in [0.25, 0.3) is 0 Å². The zero-order valence-electron chi connectivity index (χ0n) is 3.91. The van der Waals surface area contributed by atoms with Gasteiger partial charge in [-0.05, 0) is 28.7 Å². The van der Waals surface area contributed by atoms with Gasteiger partial charge in [0.15, 0.2) is 0 Å². The van der Waals surface area contributed by atoms with Gasteiger partial charge >= 0.3 is 0 Å². The summed E-state index contributed by atoms with van der Waals surface area (Å²) in [5.41, 5.74) is 0. The topological polar surface area (TPSA) is 25.8 Å². The van der Waals surface area contributed by atoms with E-state index in [1.54, 1.807) is 6.20 Å². The molecule has 0 bridgehead atoms. The van der Waals surface area contributed by atoms with E-state index in [9.17, 15) is 0 Å². The monoisotopic (exact) mass is 242 g/mol. The van der Waals surface area contributed by atoms with Gasteiger partial charge in [-0.15, -0.1) is 12.4 Å². The van der Waals surface area contributed by atoms with E-state index < -0.39 is 0 Å². The first-order chi connectivity index (χ1) is 3.39. The van der Waals surface area contributed by atoms with Crippen LogP contribution in [-0.4, -0.2) is 9.97 Å². The van der Waals surface area contributed by atoms with Gasteiger partial charge in [-0.1, -0.05) is 0 Å². The lowest BCUT2D eigenvalue weighted by molar-refractivity contribution is 1.14. The Hall–Kier alpha value is 0.100. The summed E-state index contributed by atoms with van der Waals surface area (Å²) < 4.78 is 0.979. The Bertz CT molecular complexity index is 144. The second kappa shape index (κ2) is 4.03. The number of aromatic nitrogens is 2. The molecular weight excluding hydrogens is 238 g/mol. The summed E-state index contributed by atoms with van der Waals surface area (Å²) in [4.78, 5) is 7.58. The molecule has 1 aromatic heterocycles. The van der Waals surface area contributed by atoms with Gasteiger partial charge < -0.3 is 0 Å². The molecule has 0 saturated heterocycles. The van der Waals surface area contributed by atoms with Crippen LogP contribution in [-0.2, 0) is 0 Å². The molecule has 0 N–H and O–H groups in total. The van der Waals surface area contributed by atoms with E-state index in [0.29, 0.717) is 0 Å². The third-order valence-corrected chi connectivity index (χ3v) is 1.18. The van der Waals surface area contributed by atoms with Crippen LogP contribution < -0.4 is 0 Å². The Balaban J connectivity index is 0.000000490. The van der Waals surface area contributed by atoms with Crippen molar-refractivity contribution in [2.45, 2.75) is 0 Å². The quantitative estimate of drug-likeness (QED) is 0.509. The van der Waals surface area contributed by atoms with Crippen molar-refractivity contribution in [1.29, 1.82) is 0 Å². The summed E-state index contributed by atoms with van der Waals surface area (Å²) in [5.74, 6) is 0. The highest BCUT2D eigenvalue weighted by atomic mass is 127. The Morgan fingerprint density at radius 1 is 1.50 bits per heavy atom. The minimum absolute atomic E-state index is 0. The summed E-state index contributed by atoms with van der Waals surface area (Å²) in [6.45, 7) is 0. The van der Waals surface area contributed by atoms with E-state index >= 15 is 0 Å². The van der Waals surface area contributed by atoms with E-state index in [0.717, 1.165) is 3.70 Å². The molecule has 0 aromatic carbocycles. The van der Waals surface area contributed by atoms with Gasteiger partial charge in [0, 0.05) is 6.20 Å². The normalized spacial score (nSPS) is 7.62. The fourth-order valence-corrected chi connectivity index (χ4v) is 0.560. The van der Waals surface area contributed by atoms with Gasteiger partial charge in [0.2, 0.25) is 0 Å². The molecule has 1 aromatic rings. The molecule has 0 aliphatic carbocycles. The molecular formula is C4H4ClIN2. The van der Waals surface area contributed by atoms with Crippen LogP contribution in [0.4, 0.5) is 0 Å². The van der Waals surface area contributed by atoms with Crippen LogP contribution in [0.3, 0.4) is 0 Å². The summed E-state index contributed by atoms with van der Waals surface area (Å²) in [5, 5.41) is 0. The van der Waals surface area contributed by atoms with Gasteiger partial charge in [-0.3, -0.25) is 0 Å². The van der Waals surface area contributed by atoms with Gasteiger partial charge in [-0.2, -0.15) is 0 Å². The standard InChI is InChI=1S/C4H3IN2.ClH/c5-4-1-2-6-3-7-4;/h1-3H;1H. The number of rotatable bonds is 0. The highest BCUT2D eigenvalue weighted by molar-refractivity contribution is 14.1. The maximum atomic E-state index is 3.85. The largest absolute Gasteiger partial charge is 0.245 e. The maximum absolute atomic E-state index is 3.85. The Kier molecular flexibility index (Phi) is 4.08. The van der Waals surface area contributed by atoms with Gasteiger partial charge in [-0.25, -0.2) is 9.97 Å². The molecule has 0 radical (unpaired) electrons. The molecule has 0 fully saturated rings. The molecule has 1 heterocycles. The average molecular weight is 242 g/mol. The predicted octanol–water partition coefficient (Wildman–Crippen LogP) is 1.50.